The molecular weight excluding hydrogens is 1310 g/mol. The first-order chi connectivity index (χ1) is 40.7. The Hall–Kier alpha value is -5.85. The average Bonchev–Trinajstić information content (AvgIpc) is 0.723. The number of hydrogen-bond donors (Lipinski definition) is 3. The minimum atomic E-state index is -3.73. The van der Waals surface area contributed by atoms with E-state index in [0.717, 1.165) is 0 Å². The molecule has 6 aliphatic heterocycles. The molecule has 4 saturated heterocycles. The van der Waals surface area contributed by atoms with E-state index in [1.165, 1.54) is 104 Å². The minimum absolute atomic E-state index is 0. The highest BCUT2D eigenvalue weighted by Crippen LogP contribution is 2.52. The number of halogens is 16. The van der Waals surface area contributed by atoms with Crippen LogP contribution < -0.4 is 31.0 Å². The van der Waals surface area contributed by atoms with Crippen LogP contribution in [0.25, 0.3) is 0 Å². The first kappa shape index (κ1) is 88.3. The number of fused-ring (bicyclic) bond motifs is 3. The Morgan fingerprint density at radius 1 is 0.489 bits per heavy atom. The number of ether oxygens (including phenoxy) is 6. The van der Waals surface area contributed by atoms with Gasteiger partial charge in [-0.25, -0.2) is 38.4 Å². The number of nitrogens with one attached hydrogen (secondary N) is 1. The van der Waals surface area contributed by atoms with Gasteiger partial charge in [0.2, 0.25) is 0 Å². The van der Waals surface area contributed by atoms with Crippen molar-refractivity contribution in [3.05, 3.63) is 101 Å². The van der Waals surface area contributed by atoms with Gasteiger partial charge in [-0.05, 0) is 136 Å². The van der Waals surface area contributed by atoms with E-state index in [2.05, 4.69) is 21.9 Å². The largest absolute Gasteiger partial charge is 0.497 e. The lowest BCUT2D eigenvalue weighted by Crippen LogP contribution is -2.69. The normalized spacial score (nSPS) is 28.1. The standard InChI is InChI=1S/C18H24FNO4S.2C17H23FN2O4S.2CH4.6F2.FH/c1-11-8-16-18(10-24-11,14-9-13(23-5)6-7-15(14)19)20-12(2)17(3,4)25(16,21)22;2*1-10-7-14-17(9-24-10,12-8-11(23-4)5-6-13(12)18)20-15(19)16(2,3)25(14,21)22;;;6*1-2;/h6-7,9,11,16,20H,2,8,10H2,1,3-5H3;2*5-6,8,10,14H,7,9H2,1-4H3,(H2,19,20);2*1H4;;;;;;;1H/t11-,16+,18+;10-,14+,17+;10-,14-,17-;;;;;;;;;/m001........./s1. The Balaban J connectivity index is -0.00000114. The fraction of sp³-hybridized carbons (Fsp3) is 0.593. The summed E-state index contributed by atoms with van der Waals surface area (Å²) in [6.45, 7) is 18.7. The number of sulfone groups is 3. The lowest BCUT2D eigenvalue weighted by atomic mass is 9.81. The minimum Gasteiger partial charge on any atom is -0.497 e. The van der Waals surface area contributed by atoms with Gasteiger partial charge in [0.1, 0.15) is 77.2 Å². The van der Waals surface area contributed by atoms with Crippen LogP contribution in [0.3, 0.4) is 0 Å². The fourth-order valence-corrected chi connectivity index (χ4v) is 17.8. The van der Waals surface area contributed by atoms with E-state index in [1.54, 1.807) is 27.7 Å². The van der Waals surface area contributed by atoms with Crippen molar-refractivity contribution in [1.29, 1.82) is 0 Å². The summed E-state index contributed by atoms with van der Waals surface area (Å²) in [6.07, 6.45) is -0.0505. The summed E-state index contributed by atoms with van der Waals surface area (Å²) in [5.41, 5.74) is 8.84. The Labute approximate surface area is 513 Å². The second-order valence-corrected chi connectivity index (χ2v) is 29.7. The van der Waals surface area contributed by atoms with Gasteiger partial charge in [-0.3, -0.25) is 14.7 Å². The molecule has 0 bridgehead atoms. The van der Waals surface area contributed by atoms with Gasteiger partial charge in [0.05, 0.1) is 75.2 Å². The summed E-state index contributed by atoms with van der Waals surface area (Å²) in [4.78, 5) is 9.04. The van der Waals surface area contributed by atoms with Crippen molar-refractivity contribution in [2.45, 2.75) is 161 Å². The molecule has 522 valence electrons. The molecule has 5 N–H and O–H groups in total. The third-order valence-electron chi connectivity index (χ3n) is 16.2. The summed E-state index contributed by atoms with van der Waals surface area (Å²) in [5.74, 6) is -0.408. The molecule has 0 saturated carbocycles. The molecule has 36 heteroatoms. The van der Waals surface area contributed by atoms with E-state index >= 15 is 0 Å². The highest BCUT2D eigenvalue weighted by molar-refractivity contribution is 7.94. The molecule has 0 unspecified atom stereocenters. The zero-order chi connectivity index (χ0) is 67.9. The van der Waals surface area contributed by atoms with E-state index in [-0.39, 0.29) is 105 Å². The number of rotatable bonds is 6. The maximum atomic E-state index is 14.7. The zero-order valence-corrected chi connectivity index (χ0v) is 51.8. The smallest absolute Gasteiger partial charge is 0.168 e. The number of aliphatic imine (C=N–C) groups is 2. The van der Waals surface area contributed by atoms with Gasteiger partial charge in [0.25, 0.3) is 0 Å². The zero-order valence-electron chi connectivity index (χ0n) is 49.4. The number of benzene rings is 3. The summed E-state index contributed by atoms with van der Waals surface area (Å²) in [6, 6.07) is 12.7. The lowest BCUT2D eigenvalue weighted by Gasteiger charge is -2.54. The van der Waals surface area contributed by atoms with Crippen molar-refractivity contribution in [2.24, 2.45) is 21.5 Å². The molecule has 0 spiro atoms. The van der Waals surface area contributed by atoms with Gasteiger partial charge in [-0.1, -0.05) is 21.4 Å². The summed E-state index contributed by atoms with van der Waals surface area (Å²) < 4.78 is 249. The van der Waals surface area contributed by atoms with Crippen molar-refractivity contribution in [3.63, 3.8) is 0 Å². The number of methoxy groups -OCH3 is 3. The molecule has 4 fully saturated rings. The molecule has 6 heterocycles. The molecule has 0 amide bonds. The maximum absolute atomic E-state index is 14.7. The molecule has 17 nitrogen and oxygen atoms in total. The van der Waals surface area contributed by atoms with Gasteiger partial charge < -0.3 is 45.2 Å². The monoisotopic (exact) mass is 1390 g/mol. The molecule has 9 rings (SSSR count). The van der Waals surface area contributed by atoms with Gasteiger partial charge in [-0.15, -0.1) is 0 Å². The Bertz CT molecular complexity index is 3040. The van der Waals surface area contributed by atoms with E-state index in [1.807, 2.05) is 6.92 Å². The Morgan fingerprint density at radius 3 is 1.07 bits per heavy atom. The molecule has 0 aliphatic carbocycles. The van der Waals surface area contributed by atoms with Gasteiger partial charge in [0.15, 0.2) is 29.5 Å². The van der Waals surface area contributed by atoms with Crippen molar-refractivity contribution in [3.8, 4) is 17.2 Å². The first-order valence-electron chi connectivity index (χ1n) is 25.3. The van der Waals surface area contributed by atoms with E-state index in [0.29, 0.717) is 22.9 Å². The van der Waals surface area contributed by atoms with Crippen LogP contribution in [-0.2, 0) is 60.3 Å². The maximum Gasteiger partial charge on any atom is 0.168 e. The molecule has 6 aliphatic rings. The molecule has 3 aromatic carbocycles. The van der Waals surface area contributed by atoms with Crippen LogP contribution in [0.4, 0.5) is 72.8 Å². The topological polar surface area (TPSA) is 247 Å². The summed E-state index contributed by atoms with van der Waals surface area (Å²) >= 11 is 0. The lowest BCUT2D eigenvalue weighted by molar-refractivity contribution is -0.0314. The van der Waals surface area contributed by atoms with Gasteiger partial charge in [-0.2, -0.15) is 0 Å². The third kappa shape index (κ3) is 16.1. The molecule has 9 atom stereocenters. The molecule has 0 aromatic heterocycles. The van der Waals surface area contributed by atoms with E-state index in [9.17, 15) is 38.4 Å². The number of nitrogens with zero attached hydrogens (tertiary/aromatic N) is 2. The van der Waals surface area contributed by atoms with Gasteiger partial charge >= 0.3 is 0 Å². The van der Waals surface area contributed by atoms with Crippen LogP contribution in [0.1, 0.15) is 113 Å². The predicted octanol–water partition coefficient (Wildman–Crippen LogP) is 12.5. The second-order valence-electron chi connectivity index (χ2n) is 21.7. The average molecular weight is 1390 g/mol. The van der Waals surface area contributed by atoms with Crippen LogP contribution >= 0.6 is 0 Å². The Kier molecular flexibility index (Phi) is 34.6. The van der Waals surface area contributed by atoms with Crippen molar-refractivity contribution >= 4 is 41.2 Å². The first-order valence-corrected chi connectivity index (χ1v) is 29.9. The number of amidine groups is 2. The fourth-order valence-electron chi connectivity index (χ4n) is 10.8. The van der Waals surface area contributed by atoms with Crippen LogP contribution in [0.15, 0.2) is 76.9 Å². The highest BCUT2D eigenvalue weighted by atomic mass is 32.2. The van der Waals surface area contributed by atoms with E-state index < -0.39 is 93.6 Å². The summed E-state index contributed by atoms with van der Waals surface area (Å²) in [5, 5.41) is 0.538. The molecule has 90 heavy (non-hydrogen) atoms. The van der Waals surface area contributed by atoms with Crippen LogP contribution in [0.5, 0.6) is 17.2 Å². The highest BCUT2D eigenvalue weighted by Gasteiger charge is 2.64. The van der Waals surface area contributed by atoms with Crippen molar-refractivity contribution in [2.75, 3.05) is 41.2 Å². The molecule has 3 aromatic rings. The number of nitrogens with two attached hydrogens (primary N) is 2. The second kappa shape index (κ2) is 35.3. The Morgan fingerprint density at radius 2 is 0.756 bits per heavy atom. The van der Waals surface area contributed by atoms with Crippen molar-refractivity contribution < 1.29 is 126 Å². The molecule has 0 radical (unpaired) electrons. The van der Waals surface area contributed by atoms with Crippen LogP contribution in [0, 0.1) is 17.5 Å². The third-order valence-corrected chi connectivity index (χ3v) is 25.1. The summed E-state index contributed by atoms with van der Waals surface area (Å²) in [7, 11) is -6.69. The SMILES string of the molecule is C.C.C=C1N[C@@]2(c3cc(OC)ccc3F)CO[C@@H](C)C[C@H]2S(=O)(=O)C1(C)C.COc1ccc(F)c([C@]23CO[C@@H](C)C[C@H]2S(=O)(=O)C(C)(C)C(N)=N3)c1.COc1ccc(F)c([C@]23CO[C@H](C)C[C@H]2S(=O)(=O)C(C)(C)C(N)=N3)c1.F.FF.FF.FF.FF.FF.FF. The number of hydrogen-bond acceptors (Lipinski definition) is 17. The van der Waals surface area contributed by atoms with Gasteiger partial charge in [0, 0.05) is 77.3 Å². The van der Waals surface area contributed by atoms with E-state index in [4.69, 9.17) is 94.8 Å². The van der Waals surface area contributed by atoms with Crippen LogP contribution in [0.2, 0.25) is 0 Å². The van der Waals surface area contributed by atoms with Crippen LogP contribution in [-0.4, -0.2) is 126 Å². The quantitative estimate of drug-likeness (QED) is 0.194. The predicted molar refractivity (Wildman–Crippen MR) is 309 cm³/mol. The molecular formula is C54H79F16N5O12S3. The van der Waals surface area contributed by atoms with Crippen molar-refractivity contribution in [1.82, 2.24) is 5.32 Å².